The summed E-state index contributed by atoms with van der Waals surface area (Å²) in [5.41, 5.74) is 0.596. The Balaban J connectivity index is 1.41. The first-order valence-corrected chi connectivity index (χ1v) is 9.33. The van der Waals surface area contributed by atoms with Gasteiger partial charge in [-0.3, -0.25) is 4.90 Å². The molecule has 2 heterocycles. The highest BCUT2D eigenvalue weighted by atomic mass is 16.5. The molecule has 1 aromatic heterocycles. The second-order valence-electron chi connectivity index (χ2n) is 6.55. The zero-order valence-electron chi connectivity index (χ0n) is 15.3. The van der Waals surface area contributed by atoms with Gasteiger partial charge in [-0.15, -0.1) is 0 Å². The van der Waals surface area contributed by atoms with Crippen LogP contribution in [0.5, 0.6) is 11.6 Å². The molecule has 1 atom stereocenters. The summed E-state index contributed by atoms with van der Waals surface area (Å²) in [7, 11) is 0. The fourth-order valence-electron chi connectivity index (χ4n) is 3.17. The summed E-state index contributed by atoms with van der Waals surface area (Å²) in [5, 5.41) is 15.0. The first kappa shape index (κ1) is 19.1. The second kappa shape index (κ2) is 9.89. The van der Waals surface area contributed by atoms with Gasteiger partial charge < -0.3 is 20.5 Å². The van der Waals surface area contributed by atoms with Gasteiger partial charge in [0.1, 0.15) is 5.75 Å². The number of hydrogen-bond acceptors (Lipinski definition) is 5. The predicted octanol–water partition coefficient (Wildman–Crippen LogP) is 2.84. The quantitative estimate of drug-likeness (QED) is 0.698. The molecule has 0 radical (unpaired) electrons. The monoisotopic (exact) mass is 370 g/mol. The van der Waals surface area contributed by atoms with Crippen LogP contribution in [-0.4, -0.2) is 53.3 Å². The molecule has 2 amide bonds. The molecule has 1 aliphatic rings. The van der Waals surface area contributed by atoms with Gasteiger partial charge in [0.2, 0.25) is 5.88 Å². The highest BCUT2D eigenvalue weighted by Crippen LogP contribution is 2.19. The number of amides is 2. The van der Waals surface area contributed by atoms with Crippen molar-refractivity contribution >= 4 is 11.7 Å². The van der Waals surface area contributed by atoms with Crippen molar-refractivity contribution in [1.82, 2.24) is 15.2 Å². The number of benzene rings is 1. The number of piperidine rings is 1. The number of ether oxygens (including phenoxy) is 1. The van der Waals surface area contributed by atoms with Crippen LogP contribution in [0.25, 0.3) is 0 Å². The number of carbonyl (C=O) groups excluding carboxylic acids is 1. The van der Waals surface area contributed by atoms with Crippen molar-refractivity contribution in [2.45, 2.75) is 25.3 Å². The third kappa shape index (κ3) is 5.94. The number of rotatable bonds is 7. The maximum Gasteiger partial charge on any atom is 0.319 e. The Kier molecular flexibility index (Phi) is 7.01. The summed E-state index contributed by atoms with van der Waals surface area (Å²) in [6.45, 7) is 2.42. The Morgan fingerprint density at radius 2 is 2.07 bits per heavy atom. The molecule has 2 aromatic rings. The number of aliphatic hydroxyl groups is 1. The minimum Gasteiger partial charge on any atom is -0.439 e. The number of aliphatic hydroxyl groups excluding tert-OH is 1. The second-order valence-corrected chi connectivity index (χ2v) is 6.55. The van der Waals surface area contributed by atoms with Crippen molar-refractivity contribution in [3.8, 4) is 11.6 Å². The third-order valence-electron chi connectivity index (χ3n) is 4.60. The first-order chi connectivity index (χ1) is 13.2. The molecule has 0 spiro atoms. The number of nitrogens with zero attached hydrogens (tertiary/aromatic N) is 2. The number of carbonyl (C=O) groups is 1. The van der Waals surface area contributed by atoms with Gasteiger partial charge in [-0.25, -0.2) is 9.78 Å². The Morgan fingerprint density at radius 1 is 1.22 bits per heavy atom. The van der Waals surface area contributed by atoms with Crippen LogP contribution >= 0.6 is 0 Å². The third-order valence-corrected chi connectivity index (χ3v) is 4.60. The number of likely N-dealkylation sites (tertiary alicyclic amines) is 1. The van der Waals surface area contributed by atoms with Gasteiger partial charge in [-0.1, -0.05) is 24.6 Å². The van der Waals surface area contributed by atoms with Crippen LogP contribution in [0.2, 0.25) is 0 Å². The fraction of sp³-hybridized carbons (Fsp3) is 0.400. The highest BCUT2D eigenvalue weighted by Gasteiger charge is 2.20. The highest BCUT2D eigenvalue weighted by molar-refractivity contribution is 5.88. The molecule has 0 unspecified atom stereocenters. The number of para-hydroxylation sites is 1. The van der Waals surface area contributed by atoms with Crippen LogP contribution in [0.15, 0.2) is 48.7 Å². The number of aromatic nitrogens is 1. The standard InChI is InChI=1S/C20H26N4O3/c25-15-17-6-4-5-12-24(17)13-11-21-20(26)23-16-9-10-19(22-14-16)27-18-7-2-1-3-8-18/h1-3,7-10,14,17,25H,4-6,11-13,15H2,(H2,21,23,26)/t17-/m0/s1. The Bertz CT molecular complexity index is 709. The van der Waals surface area contributed by atoms with Crippen LogP contribution in [0.1, 0.15) is 19.3 Å². The summed E-state index contributed by atoms with van der Waals surface area (Å²) in [6, 6.07) is 12.8. The minimum atomic E-state index is -0.272. The lowest BCUT2D eigenvalue weighted by Gasteiger charge is -2.34. The van der Waals surface area contributed by atoms with Crippen molar-refractivity contribution in [2.75, 3.05) is 31.6 Å². The van der Waals surface area contributed by atoms with Gasteiger partial charge >= 0.3 is 6.03 Å². The van der Waals surface area contributed by atoms with Gasteiger partial charge in [0.25, 0.3) is 0 Å². The van der Waals surface area contributed by atoms with E-state index in [1.54, 1.807) is 18.3 Å². The Morgan fingerprint density at radius 3 is 2.81 bits per heavy atom. The van der Waals surface area contributed by atoms with Crippen LogP contribution < -0.4 is 15.4 Å². The molecule has 0 saturated carbocycles. The summed E-state index contributed by atoms with van der Waals surface area (Å²) in [4.78, 5) is 18.5. The Labute approximate surface area is 159 Å². The van der Waals surface area contributed by atoms with Gasteiger partial charge in [-0.2, -0.15) is 0 Å². The average Bonchev–Trinajstić information content (AvgIpc) is 2.71. The van der Waals surface area contributed by atoms with E-state index in [0.717, 1.165) is 32.4 Å². The predicted molar refractivity (Wildman–Crippen MR) is 104 cm³/mol. The van der Waals surface area contributed by atoms with E-state index in [1.165, 1.54) is 0 Å². The number of anilines is 1. The summed E-state index contributed by atoms with van der Waals surface area (Å²) in [5.74, 6) is 1.18. The van der Waals surface area contributed by atoms with E-state index in [9.17, 15) is 9.90 Å². The molecular weight excluding hydrogens is 344 g/mol. The molecule has 0 bridgehead atoms. The first-order valence-electron chi connectivity index (χ1n) is 9.33. The molecule has 7 nitrogen and oxygen atoms in total. The van der Waals surface area contributed by atoms with Crippen LogP contribution in [-0.2, 0) is 0 Å². The molecule has 27 heavy (non-hydrogen) atoms. The van der Waals surface area contributed by atoms with Gasteiger partial charge in [-0.05, 0) is 37.6 Å². The fourth-order valence-corrected chi connectivity index (χ4v) is 3.17. The zero-order chi connectivity index (χ0) is 18.9. The van der Waals surface area contributed by atoms with Crippen LogP contribution in [0, 0.1) is 0 Å². The van der Waals surface area contributed by atoms with Crippen molar-refractivity contribution in [1.29, 1.82) is 0 Å². The molecular formula is C20H26N4O3. The van der Waals surface area contributed by atoms with E-state index in [1.807, 2.05) is 30.3 Å². The van der Waals surface area contributed by atoms with Crippen molar-refractivity contribution < 1.29 is 14.6 Å². The molecule has 1 fully saturated rings. The number of urea groups is 1. The molecule has 1 aliphatic heterocycles. The van der Waals surface area contributed by atoms with Gasteiger partial charge in [0.15, 0.2) is 0 Å². The molecule has 1 aromatic carbocycles. The van der Waals surface area contributed by atoms with E-state index in [4.69, 9.17) is 4.74 Å². The lowest BCUT2D eigenvalue weighted by Crippen LogP contribution is -2.46. The van der Waals surface area contributed by atoms with E-state index in [-0.39, 0.29) is 18.7 Å². The summed E-state index contributed by atoms with van der Waals surface area (Å²) >= 11 is 0. The van der Waals surface area contributed by atoms with E-state index >= 15 is 0 Å². The minimum absolute atomic E-state index is 0.176. The maximum absolute atomic E-state index is 12.0. The lowest BCUT2D eigenvalue weighted by molar-refractivity contribution is 0.0917. The summed E-state index contributed by atoms with van der Waals surface area (Å²) < 4.78 is 5.63. The largest absolute Gasteiger partial charge is 0.439 e. The Hall–Kier alpha value is -2.64. The molecule has 3 rings (SSSR count). The topological polar surface area (TPSA) is 86.7 Å². The smallest absolute Gasteiger partial charge is 0.319 e. The zero-order valence-corrected chi connectivity index (χ0v) is 15.3. The van der Waals surface area contributed by atoms with Gasteiger partial charge in [0.05, 0.1) is 18.5 Å². The van der Waals surface area contributed by atoms with Crippen molar-refractivity contribution in [3.63, 3.8) is 0 Å². The van der Waals surface area contributed by atoms with Crippen molar-refractivity contribution in [3.05, 3.63) is 48.7 Å². The lowest BCUT2D eigenvalue weighted by atomic mass is 10.0. The number of nitrogens with one attached hydrogen (secondary N) is 2. The average molecular weight is 370 g/mol. The molecule has 3 N–H and O–H groups in total. The normalized spacial score (nSPS) is 17.3. The molecule has 1 saturated heterocycles. The number of hydrogen-bond donors (Lipinski definition) is 3. The van der Waals surface area contributed by atoms with E-state index in [2.05, 4.69) is 20.5 Å². The van der Waals surface area contributed by atoms with E-state index < -0.39 is 0 Å². The van der Waals surface area contributed by atoms with Gasteiger partial charge in [0, 0.05) is 25.2 Å². The molecule has 0 aliphatic carbocycles. The summed E-state index contributed by atoms with van der Waals surface area (Å²) in [6.07, 6.45) is 4.88. The SMILES string of the molecule is O=C(NCCN1CCCC[C@H]1CO)Nc1ccc(Oc2ccccc2)nc1. The molecule has 144 valence electrons. The van der Waals surface area contributed by atoms with Crippen LogP contribution in [0.4, 0.5) is 10.5 Å². The molecule has 7 heteroatoms. The maximum atomic E-state index is 12.0. The van der Waals surface area contributed by atoms with E-state index in [0.29, 0.717) is 23.9 Å². The van der Waals surface area contributed by atoms with Crippen molar-refractivity contribution in [2.24, 2.45) is 0 Å². The van der Waals surface area contributed by atoms with Crippen LogP contribution in [0.3, 0.4) is 0 Å². The number of pyridine rings is 1.